The molecule has 8 nitrogen and oxygen atoms in total. The van der Waals surface area contributed by atoms with E-state index in [-0.39, 0.29) is 11.1 Å². The van der Waals surface area contributed by atoms with Crippen molar-refractivity contribution < 1.29 is 20.1 Å². The third kappa shape index (κ3) is 2.12. The summed E-state index contributed by atoms with van der Waals surface area (Å²) in [4.78, 5) is 19.6. The van der Waals surface area contributed by atoms with Crippen LogP contribution in [0.15, 0.2) is 12.1 Å². The molecule has 0 heterocycles. The first kappa shape index (κ1) is 12.0. The minimum Gasteiger partial charge on any atom is -0.392 e. The van der Waals surface area contributed by atoms with Gasteiger partial charge in [0.05, 0.1) is 23.1 Å². The molecule has 0 aliphatic rings. The Bertz CT molecular complexity index is 409. The summed E-state index contributed by atoms with van der Waals surface area (Å²) in [5, 5.41) is 38.9. The van der Waals surface area contributed by atoms with Gasteiger partial charge in [0.15, 0.2) is 0 Å². The number of hydrogen-bond acceptors (Lipinski definition) is 6. The van der Waals surface area contributed by atoms with E-state index >= 15 is 0 Å². The predicted octanol–water partition coefficient (Wildman–Crippen LogP) is 0.488. The third-order valence-electron chi connectivity index (χ3n) is 2.00. The second-order valence-electron chi connectivity index (χ2n) is 2.94. The topological polar surface area (TPSA) is 127 Å². The number of rotatable bonds is 4. The van der Waals surface area contributed by atoms with Crippen LogP contribution in [0.25, 0.3) is 0 Å². The van der Waals surface area contributed by atoms with E-state index in [9.17, 15) is 20.2 Å². The van der Waals surface area contributed by atoms with Gasteiger partial charge in [0.2, 0.25) is 0 Å². The Labute approximate surface area is 89.1 Å². The first-order valence-electron chi connectivity index (χ1n) is 4.17. The van der Waals surface area contributed by atoms with Gasteiger partial charge in [-0.15, -0.1) is 0 Å². The summed E-state index contributed by atoms with van der Waals surface area (Å²) < 4.78 is 0. The van der Waals surface area contributed by atoms with Crippen LogP contribution in [0.3, 0.4) is 0 Å². The maximum atomic E-state index is 10.6. The van der Waals surface area contributed by atoms with Crippen molar-refractivity contribution in [2.24, 2.45) is 0 Å². The van der Waals surface area contributed by atoms with Crippen LogP contribution in [0, 0.1) is 20.2 Å². The number of aliphatic hydroxyl groups is 2. The molecule has 0 fully saturated rings. The van der Waals surface area contributed by atoms with Gasteiger partial charge < -0.3 is 10.2 Å². The van der Waals surface area contributed by atoms with Gasteiger partial charge in [-0.3, -0.25) is 20.2 Å². The van der Waals surface area contributed by atoms with E-state index in [0.717, 1.165) is 12.1 Å². The molecule has 0 bridgehead atoms. The van der Waals surface area contributed by atoms with Crippen LogP contribution in [0.4, 0.5) is 11.4 Å². The van der Waals surface area contributed by atoms with Crippen LogP contribution in [-0.4, -0.2) is 20.1 Å². The van der Waals surface area contributed by atoms with Crippen molar-refractivity contribution >= 4 is 11.4 Å². The lowest BCUT2D eigenvalue weighted by atomic mass is 10.1. The number of nitro benzene ring substituents is 2. The molecule has 1 aromatic carbocycles. The highest BCUT2D eigenvalue weighted by Gasteiger charge is 2.25. The molecule has 0 aromatic heterocycles. The molecule has 86 valence electrons. The Morgan fingerprint density at radius 1 is 1.00 bits per heavy atom. The quantitative estimate of drug-likeness (QED) is 0.570. The van der Waals surface area contributed by atoms with Crippen LogP contribution in [0.5, 0.6) is 0 Å². The molecule has 0 saturated heterocycles. The third-order valence-corrected chi connectivity index (χ3v) is 2.00. The van der Waals surface area contributed by atoms with Gasteiger partial charge in [-0.25, -0.2) is 0 Å². The molecule has 0 aliphatic heterocycles. The van der Waals surface area contributed by atoms with E-state index in [1.807, 2.05) is 0 Å². The fraction of sp³-hybridized carbons (Fsp3) is 0.250. The van der Waals surface area contributed by atoms with Gasteiger partial charge in [0.25, 0.3) is 11.4 Å². The highest BCUT2D eigenvalue weighted by atomic mass is 16.6. The summed E-state index contributed by atoms with van der Waals surface area (Å²) in [6, 6.07) is 2.00. The summed E-state index contributed by atoms with van der Waals surface area (Å²) >= 11 is 0. The fourth-order valence-electron chi connectivity index (χ4n) is 1.28. The molecule has 2 N–H and O–H groups in total. The second kappa shape index (κ2) is 4.64. The van der Waals surface area contributed by atoms with Gasteiger partial charge >= 0.3 is 0 Å². The molecule has 0 aliphatic carbocycles. The predicted molar refractivity (Wildman–Crippen MR) is 51.6 cm³/mol. The highest BCUT2D eigenvalue weighted by molar-refractivity contribution is 5.55. The minimum atomic E-state index is -0.836. The monoisotopic (exact) mass is 228 g/mol. The van der Waals surface area contributed by atoms with Crippen molar-refractivity contribution in [3.8, 4) is 0 Å². The van der Waals surface area contributed by atoms with Gasteiger partial charge in [-0.1, -0.05) is 0 Å². The lowest BCUT2D eigenvalue weighted by Crippen LogP contribution is -2.03. The van der Waals surface area contributed by atoms with E-state index in [4.69, 9.17) is 10.2 Å². The number of benzene rings is 1. The average Bonchev–Trinajstić information content (AvgIpc) is 2.26. The van der Waals surface area contributed by atoms with Gasteiger partial charge in [-0.2, -0.15) is 0 Å². The molecule has 0 unspecified atom stereocenters. The number of nitrogens with zero attached hydrogens (tertiary/aromatic N) is 2. The number of hydrogen-bond donors (Lipinski definition) is 2. The van der Waals surface area contributed by atoms with Crippen molar-refractivity contribution in [1.82, 2.24) is 0 Å². The SMILES string of the molecule is O=[N+]([O-])c1cc(CO)cc([N+](=O)[O-])c1CO. The van der Waals surface area contributed by atoms with E-state index in [1.54, 1.807) is 0 Å². The highest BCUT2D eigenvalue weighted by Crippen LogP contribution is 2.30. The lowest BCUT2D eigenvalue weighted by Gasteiger charge is -2.03. The van der Waals surface area contributed by atoms with Gasteiger partial charge in [0, 0.05) is 12.1 Å². The van der Waals surface area contributed by atoms with Gasteiger partial charge in [-0.05, 0) is 5.56 Å². The van der Waals surface area contributed by atoms with Crippen molar-refractivity contribution in [2.75, 3.05) is 0 Å². The lowest BCUT2D eigenvalue weighted by molar-refractivity contribution is -0.396. The first-order chi connectivity index (χ1) is 7.51. The van der Waals surface area contributed by atoms with Crippen molar-refractivity contribution in [3.63, 3.8) is 0 Å². The molecule has 0 atom stereocenters. The summed E-state index contributed by atoms with van der Waals surface area (Å²) in [5.74, 6) is 0. The van der Waals surface area contributed by atoms with Crippen LogP contribution in [0.1, 0.15) is 11.1 Å². The molecule has 16 heavy (non-hydrogen) atoms. The molecule has 0 amide bonds. The van der Waals surface area contributed by atoms with Crippen LogP contribution < -0.4 is 0 Å². The second-order valence-corrected chi connectivity index (χ2v) is 2.94. The van der Waals surface area contributed by atoms with Crippen LogP contribution in [0.2, 0.25) is 0 Å². The normalized spacial score (nSPS) is 10.1. The standard InChI is InChI=1S/C8H8N2O6/c11-3-5-1-7(9(13)14)6(4-12)8(2-5)10(15)16/h1-2,11-12H,3-4H2. The van der Waals surface area contributed by atoms with E-state index in [1.165, 1.54) is 0 Å². The Balaban J connectivity index is 3.52. The summed E-state index contributed by atoms with van der Waals surface area (Å²) in [6.07, 6.45) is 0. The summed E-state index contributed by atoms with van der Waals surface area (Å²) in [5.41, 5.74) is -1.45. The fourth-order valence-corrected chi connectivity index (χ4v) is 1.28. The zero-order chi connectivity index (χ0) is 12.3. The van der Waals surface area contributed by atoms with Crippen molar-refractivity contribution in [3.05, 3.63) is 43.5 Å². The van der Waals surface area contributed by atoms with Gasteiger partial charge in [0.1, 0.15) is 5.56 Å². The maximum Gasteiger partial charge on any atom is 0.282 e. The Morgan fingerprint density at radius 2 is 1.44 bits per heavy atom. The van der Waals surface area contributed by atoms with E-state index < -0.39 is 34.4 Å². The number of aliphatic hydroxyl groups excluding tert-OH is 2. The molecule has 0 saturated carbocycles. The molecule has 0 radical (unpaired) electrons. The molecular formula is C8H8N2O6. The largest absolute Gasteiger partial charge is 0.392 e. The van der Waals surface area contributed by atoms with Crippen LogP contribution >= 0.6 is 0 Å². The van der Waals surface area contributed by atoms with E-state index in [0.29, 0.717) is 0 Å². The smallest absolute Gasteiger partial charge is 0.282 e. The Hall–Kier alpha value is -2.06. The Kier molecular flexibility index (Phi) is 3.48. The maximum absolute atomic E-state index is 10.6. The average molecular weight is 228 g/mol. The number of nitro groups is 2. The first-order valence-corrected chi connectivity index (χ1v) is 4.17. The minimum absolute atomic E-state index is 0.0515. The summed E-state index contributed by atoms with van der Waals surface area (Å²) in [6.45, 7) is -1.36. The zero-order valence-electron chi connectivity index (χ0n) is 7.99. The molecule has 1 rings (SSSR count). The van der Waals surface area contributed by atoms with Crippen molar-refractivity contribution in [2.45, 2.75) is 13.2 Å². The molecule has 0 spiro atoms. The van der Waals surface area contributed by atoms with Crippen LogP contribution in [-0.2, 0) is 13.2 Å². The summed E-state index contributed by atoms with van der Waals surface area (Å²) in [7, 11) is 0. The zero-order valence-corrected chi connectivity index (χ0v) is 7.99. The Morgan fingerprint density at radius 3 is 1.69 bits per heavy atom. The molecular weight excluding hydrogens is 220 g/mol. The van der Waals surface area contributed by atoms with Crippen molar-refractivity contribution in [1.29, 1.82) is 0 Å². The molecule has 1 aromatic rings. The van der Waals surface area contributed by atoms with E-state index in [2.05, 4.69) is 0 Å². The molecule has 8 heteroatoms.